The molecule has 0 aliphatic heterocycles. The number of ether oxygens (including phenoxy) is 1. The number of aryl methyl sites for hydroxylation is 1. The van der Waals surface area contributed by atoms with E-state index in [1.807, 2.05) is 53.3 Å². The molecule has 0 atom stereocenters. The number of hydrogen-bond donors (Lipinski definition) is 1. The molecule has 0 bridgehead atoms. The molecular weight excluding hydrogens is 380 g/mol. The van der Waals surface area contributed by atoms with E-state index in [-0.39, 0.29) is 5.91 Å². The van der Waals surface area contributed by atoms with E-state index in [9.17, 15) is 4.79 Å². The molecule has 0 radical (unpaired) electrons. The van der Waals surface area contributed by atoms with Crippen LogP contribution in [-0.2, 0) is 4.74 Å². The van der Waals surface area contributed by atoms with Crippen molar-refractivity contribution < 1.29 is 9.53 Å². The van der Waals surface area contributed by atoms with Crippen LogP contribution in [0.2, 0.25) is 0 Å². The highest BCUT2D eigenvalue weighted by Gasteiger charge is 2.21. The Balaban J connectivity index is 1.68. The maximum atomic E-state index is 12.8. The lowest BCUT2D eigenvalue weighted by Crippen LogP contribution is -2.25. The topological polar surface area (TPSA) is 86.3 Å². The number of nitrogens with one attached hydrogen (secondary N) is 1. The van der Waals surface area contributed by atoms with Crippen molar-refractivity contribution in [3.05, 3.63) is 66.4 Å². The molecule has 0 saturated carbocycles. The van der Waals surface area contributed by atoms with Crippen LogP contribution < -0.4 is 5.32 Å². The monoisotopic (exact) mass is 404 g/mol. The van der Waals surface area contributed by atoms with Gasteiger partial charge in [0.05, 0.1) is 23.6 Å². The molecule has 8 heteroatoms. The third-order valence-corrected chi connectivity index (χ3v) is 4.77. The molecule has 0 aliphatic rings. The Bertz CT molecular complexity index is 1150. The van der Waals surface area contributed by atoms with Crippen molar-refractivity contribution in [1.82, 2.24) is 29.5 Å². The molecule has 1 amide bonds. The first kappa shape index (κ1) is 19.8. The van der Waals surface area contributed by atoms with Crippen LogP contribution in [0.3, 0.4) is 0 Å². The van der Waals surface area contributed by atoms with Crippen molar-refractivity contribution in [3.8, 4) is 17.2 Å². The summed E-state index contributed by atoms with van der Waals surface area (Å²) in [5, 5.41) is 7.38. The maximum Gasteiger partial charge on any atom is 0.272 e. The fourth-order valence-electron chi connectivity index (χ4n) is 3.25. The van der Waals surface area contributed by atoms with E-state index < -0.39 is 0 Å². The summed E-state index contributed by atoms with van der Waals surface area (Å²) in [6, 6.07) is 9.98. The number of aromatic nitrogens is 5. The molecular formula is C22H24N6O2. The van der Waals surface area contributed by atoms with E-state index in [1.54, 1.807) is 24.8 Å². The predicted molar refractivity (Wildman–Crippen MR) is 114 cm³/mol. The Hall–Kier alpha value is -3.52. The summed E-state index contributed by atoms with van der Waals surface area (Å²) in [5.74, 6) is 0.398. The van der Waals surface area contributed by atoms with Gasteiger partial charge < -0.3 is 10.1 Å². The number of imidazole rings is 1. The van der Waals surface area contributed by atoms with E-state index in [4.69, 9.17) is 4.74 Å². The molecule has 154 valence electrons. The molecule has 0 fully saturated rings. The molecule has 1 aromatic carbocycles. The maximum absolute atomic E-state index is 12.8. The second-order valence-corrected chi connectivity index (χ2v) is 6.89. The Kier molecular flexibility index (Phi) is 5.85. The zero-order chi connectivity index (χ0) is 20.9. The highest BCUT2D eigenvalue weighted by molar-refractivity contribution is 5.99. The summed E-state index contributed by atoms with van der Waals surface area (Å²) in [5.41, 5.74) is 3.87. The number of amides is 1. The molecule has 3 aromatic heterocycles. The minimum atomic E-state index is -0.232. The van der Waals surface area contributed by atoms with Gasteiger partial charge >= 0.3 is 0 Å². The van der Waals surface area contributed by atoms with Crippen molar-refractivity contribution in [2.24, 2.45) is 0 Å². The molecule has 30 heavy (non-hydrogen) atoms. The van der Waals surface area contributed by atoms with Crippen molar-refractivity contribution >= 4 is 11.4 Å². The van der Waals surface area contributed by atoms with Crippen LogP contribution in [0.4, 0.5) is 0 Å². The summed E-state index contributed by atoms with van der Waals surface area (Å²) in [7, 11) is 0. The smallest absolute Gasteiger partial charge is 0.272 e. The van der Waals surface area contributed by atoms with Gasteiger partial charge in [-0.25, -0.2) is 9.67 Å². The number of carbonyl (C=O) groups excluding carboxylic acids is 1. The minimum absolute atomic E-state index is 0.232. The van der Waals surface area contributed by atoms with E-state index >= 15 is 0 Å². The first-order valence-electron chi connectivity index (χ1n) is 9.98. The molecule has 0 spiro atoms. The fraction of sp³-hybridized carbons (Fsp3) is 0.273. The van der Waals surface area contributed by atoms with E-state index in [0.717, 1.165) is 17.8 Å². The van der Waals surface area contributed by atoms with Crippen LogP contribution in [0.1, 0.15) is 29.4 Å². The molecule has 4 rings (SSSR count). The van der Waals surface area contributed by atoms with Crippen molar-refractivity contribution in [3.63, 3.8) is 0 Å². The van der Waals surface area contributed by atoms with Crippen molar-refractivity contribution in [2.75, 3.05) is 19.8 Å². The van der Waals surface area contributed by atoms with Gasteiger partial charge in [-0.3, -0.25) is 14.2 Å². The van der Waals surface area contributed by atoms with Gasteiger partial charge in [0.25, 0.3) is 5.91 Å². The number of fused-ring (bicyclic) bond motifs is 1. The minimum Gasteiger partial charge on any atom is -0.382 e. The summed E-state index contributed by atoms with van der Waals surface area (Å²) >= 11 is 0. The van der Waals surface area contributed by atoms with Gasteiger partial charge in [0.2, 0.25) is 0 Å². The molecule has 0 saturated heterocycles. The SMILES string of the molecule is CCOCCCNC(=O)c1nc(-c2ccnn2-c2ccc(C)cc2)n2ccncc12. The first-order chi connectivity index (χ1) is 14.7. The lowest BCUT2D eigenvalue weighted by atomic mass is 10.2. The van der Waals surface area contributed by atoms with Gasteiger partial charge in [0.1, 0.15) is 5.69 Å². The third kappa shape index (κ3) is 3.95. The molecule has 0 unspecified atom stereocenters. The summed E-state index contributed by atoms with van der Waals surface area (Å²) < 4.78 is 9.00. The van der Waals surface area contributed by atoms with Crippen LogP contribution in [0.5, 0.6) is 0 Å². The Morgan fingerprint density at radius 2 is 2.00 bits per heavy atom. The number of nitrogens with zero attached hydrogens (tertiary/aromatic N) is 5. The van der Waals surface area contributed by atoms with Crippen LogP contribution in [0.25, 0.3) is 22.7 Å². The Labute approximate surface area is 174 Å². The molecule has 8 nitrogen and oxygen atoms in total. The second kappa shape index (κ2) is 8.87. The standard InChI is InChI=1S/C22H24N6O2/c1-3-30-14-4-10-24-22(29)20-19-15-23-12-13-27(19)21(26-20)18-9-11-25-28(18)17-7-5-16(2)6-8-17/h5-9,11-13,15H,3-4,10,14H2,1-2H3,(H,24,29). The highest BCUT2D eigenvalue weighted by Crippen LogP contribution is 2.24. The average molecular weight is 404 g/mol. The lowest BCUT2D eigenvalue weighted by molar-refractivity contribution is 0.0941. The van der Waals surface area contributed by atoms with Crippen LogP contribution >= 0.6 is 0 Å². The van der Waals surface area contributed by atoms with E-state index in [1.165, 1.54) is 5.56 Å². The molecule has 4 aromatic rings. The predicted octanol–water partition coefficient (Wildman–Crippen LogP) is 3.05. The zero-order valence-corrected chi connectivity index (χ0v) is 17.1. The van der Waals surface area contributed by atoms with E-state index in [2.05, 4.69) is 20.4 Å². The summed E-state index contributed by atoms with van der Waals surface area (Å²) in [6.07, 6.45) is 7.60. The molecule has 1 N–H and O–H groups in total. The second-order valence-electron chi connectivity index (χ2n) is 6.89. The Morgan fingerprint density at radius 3 is 2.80 bits per heavy atom. The average Bonchev–Trinajstić information content (AvgIpc) is 3.39. The fourth-order valence-corrected chi connectivity index (χ4v) is 3.25. The van der Waals surface area contributed by atoms with E-state index in [0.29, 0.717) is 36.8 Å². The number of hydrogen-bond acceptors (Lipinski definition) is 5. The van der Waals surface area contributed by atoms with Gasteiger partial charge in [-0.15, -0.1) is 0 Å². The van der Waals surface area contributed by atoms with Gasteiger partial charge in [0.15, 0.2) is 11.5 Å². The quantitative estimate of drug-likeness (QED) is 0.456. The van der Waals surface area contributed by atoms with Gasteiger partial charge in [0, 0.05) is 32.2 Å². The van der Waals surface area contributed by atoms with Gasteiger partial charge in [-0.1, -0.05) is 17.7 Å². The third-order valence-electron chi connectivity index (χ3n) is 4.77. The highest BCUT2D eigenvalue weighted by atomic mass is 16.5. The number of rotatable bonds is 8. The van der Waals surface area contributed by atoms with Gasteiger partial charge in [-0.05, 0) is 38.5 Å². The zero-order valence-electron chi connectivity index (χ0n) is 17.1. The summed E-state index contributed by atoms with van der Waals surface area (Å²) in [4.78, 5) is 21.6. The normalized spacial score (nSPS) is 11.1. The Morgan fingerprint density at radius 1 is 1.17 bits per heavy atom. The lowest BCUT2D eigenvalue weighted by Gasteiger charge is -2.07. The molecule has 0 aliphatic carbocycles. The summed E-state index contributed by atoms with van der Waals surface area (Å²) in [6.45, 7) is 5.80. The largest absolute Gasteiger partial charge is 0.382 e. The van der Waals surface area contributed by atoms with Crippen LogP contribution in [-0.4, -0.2) is 49.8 Å². The van der Waals surface area contributed by atoms with Gasteiger partial charge in [-0.2, -0.15) is 5.10 Å². The molecule has 3 heterocycles. The van der Waals surface area contributed by atoms with Crippen molar-refractivity contribution in [2.45, 2.75) is 20.3 Å². The first-order valence-corrected chi connectivity index (χ1v) is 9.98. The van der Waals surface area contributed by atoms with Crippen LogP contribution in [0.15, 0.2) is 55.1 Å². The van der Waals surface area contributed by atoms with Crippen molar-refractivity contribution in [1.29, 1.82) is 0 Å². The van der Waals surface area contributed by atoms with Crippen LogP contribution in [0, 0.1) is 6.92 Å². The number of benzene rings is 1. The number of carbonyl (C=O) groups is 1.